The second-order valence-electron chi connectivity index (χ2n) is 19.1. The smallest absolute Gasteiger partial charge is 0.397 e. The van der Waals surface area contributed by atoms with Gasteiger partial charge in [-0.3, -0.25) is 55.7 Å². The van der Waals surface area contributed by atoms with Gasteiger partial charge in [0.1, 0.15) is 5.78 Å². The topological polar surface area (TPSA) is 345 Å². The summed E-state index contributed by atoms with van der Waals surface area (Å²) in [6.07, 6.45) is -0.375. The first-order valence-electron chi connectivity index (χ1n) is 36.9. The molecule has 0 aromatic carbocycles. The molecule has 0 spiro atoms. The van der Waals surface area contributed by atoms with Crippen LogP contribution in [0.5, 0.6) is 0 Å². The maximum atomic E-state index is 12.6. The van der Waals surface area contributed by atoms with E-state index in [0.29, 0.717) is 49.5 Å². The van der Waals surface area contributed by atoms with E-state index in [1.54, 1.807) is 6.92 Å². The molecule has 0 saturated carbocycles. The van der Waals surface area contributed by atoms with Gasteiger partial charge in [-0.15, -0.1) is 0 Å². The van der Waals surface area contributed by atoms with Crippen LogP contribution in [0.1, 0.15) is 142 Å². The Labute approximate surface area is 550 Å². The van der Waals surface area contributed by atoms with Gasteiger partial charge in [0.2, 0.25) is 0 Å². The molecule has 0 aliphatic rings. The zero-order valence-electron chi connectivity index (χ0n) is 70.3. The standard InChI is InChI=1S/3C13H20N4O3.C13H18N4O3.C2H6O.CH4.BH4.Na/c4*1-9(18)6-4-5-7-17-12(19)10-11(14-8-15(10)2)16(3)13(17)20;1-2-3;;;/h3*8-9,18H,4-7H2,1-3H3;8H,4-7H2,1-3H3;3H,2H2,1H3;2*1H4;/q;;;;;;-1;+1/t2*9-;;;;;;/m10....../s1/i2D3,9D;2D3,6D2,9D;2D3,9D;2D3;;;1D4;. The third-order valence-electron chi connectivity index (χ3n) is 12.6. The van der Waals surface area contributed by atoms with Crippen LogP contribution in [0.3, 0.4) is 0 Å². The van der Waals surface area contributed by atoms with Crippen LogP contribution in [0, 0.1) is 0 Å². The number of imidazole rings is 4. The number of rotatable bonds is 20. The van der Waals surface area contributed by atoms with Crippen LogP contribution in [0.4, 0.5) is 0 Å². The summed E-state index contributed by atoms with van der Waals surface area (Å²) < 4.78 is 162. The van der Waals surface area contributed by atoms with E-state index in [-0.39, 0.29) is 146 Å². The summed E-state index contributed by atoms with van der Waals surface area (Å²) in [6.45, 7) is -3.14. The molecule has 8 aromatic heterocycles. The Balaban J connectivity index is 0.000000685. The van der Waals surface area contributed by atoms with E-state index < -0.39 is 106 Å². The first-order chi connectivity index (χ1) is 47.6. The number of ketones is 1. The molecule has 8 aromatic rings. The third kappa shape index (κ3) is 19.1. The molecule has 3 atom stereocenters. The second-order valence-corrected chi connectivity index (χ2v) is 19.1. The molecule has 8 heterocycles. The van der Waals surface area contributed by atoms with Crippen molar-refractivity contribution in [2.45, 2.75) is 163 Å². The maximum absolute atomic E-state index is 12.6. The summed E-state index contributed by atoms with van der Waals surface area (Å²) in [5.41, 5.74) is -6.02. The number of aliphatic hydroxyl groups excluding tert-OH is 1. The number of nitrogens with zero attached hydrogens (tertiary/aromatic N) is 16. The van der Waals surface area contributed by atoms with Crippen LogP contribution in [-0.4, -0.2) is 139 Å². The number of hydrogen-bond donors (Lipinski definition) is 4. The molecule has 86 heavy (non-hydrogen) atoms. The molecule has 0 amide bonds. The normalized spacial score (nSPS) is 17.4. The molecule has 0 saturated heterocycles. The fourth-order valence-electron chi connectivity index (χ4n) is 8.32. The van der Waals surface area contributed by atoms with Crippen molar-refractivity contribution in [1.82, 2.24) is 74.7 Å². The van der Waals surface area contributed by atoms with Crippen LogP contribution in [0.25, 0.3) is 44.7 Å². The van der Waals surface area contributed by atoms with Crippen molar-refractivity contribution in [3.05, 3.63) is 109 Å². The Hall–Kier alpha value is -6.83. The molecule has 4 N–H and O–H groups in total. The first kappa shape index (κ1) is 48.2. The van der Waals surface area contributed by atoms with Gasteiger partial charge >= 0.3 is 52.3 Å². The van der Waals surface area contributed by atoms with E-state index >= 15 is 0 Å². The van der Waals surface area contributed by atoms with Crippen LogP contribution in [-0.2, 0) is 87.1 Å². The van der Waals surface area contributed by atoms with Crippen molar-refractivity contribution in [2.75, 3.05) is 6.61 Å². The SMILES string of the molecule is C.CCO.[2H]C(C)(O)CCCCn1c(=O)c2c(ncn2C([2H])([2H])[2H])n(C)c1=O.[2H]C([2H])([2H])n1cnc2c1c(=O)n(CCCC([2H])([2H])[C@]([2H])(C)O)c(=O)n2C.[2H]C([2H])([2H])n1cnc2c1c(=O)n(CCCCC(C)=O)c(=O)n2C.[2H]C([2H])([2H])n1cnc2c1c(=O)n(CCCC[C@@]([2H])(C)O)c(=O)n2C.[2H][B-]([2H])([2H])[2H].[Na+]. The molecule has 0 aliphatic heterocycles. The van der Waals surface area contributed by atoms with Gasteiger partial charge in [-0.1, -0.05) is 15.7 Å². The number of unbranched alkanes of at least 4 members (excludes halogenated alkanes) is 3. The molecule has 8 rings (SSSR count). The second kappa shape index (κ2) is 35.7. The van der Waals surface area contributed by atoms with Crippen LogP contribution < -0.4 is 74.6 Å². The van der Waals surface area contributed by atoms with Crippen molar-refractivity contribution >= 4 is 58.7 Å². The quantitative estimate of drug-likeness (QED) is 0.0422. The van der Waals surface area contributed by atoms with Crippen molar-refractivity contribution in [1.29, 1.82) is 5.34 Å². The van der Waals surface area contributed by atoms with Crippen molar-refractivity contribution in [3.8, 4) is 0 Å². The molecule has 31 heteroatoms. The molecule has 29 nitrogen and oxygen atoms in total. The number of aryl methyl sites for hydroxylation is 8. The van der Waals surface area contributed by atoms with Gasteiger partial charge in [-0.05, 0) is 105 Å². The molecule has 0 fully saturated rings. The van der Waals surface area contributed by atoms with E-state index in [1.807, 2.05) is 0 Å². The van der Waals surface area contributed by atoms with E-state index in [2.05, 4.69) is 19.9 Å². The number of hydrogen-bond acceptors (Lipinski definition) is 17. The predicted molar refractivity (Wildman–Crippen MR) is 333 cm³/mol. The summed E-state index contributed by atoms with van der Waals surface area (Å²) in [6, 6.07) is 0. The Morgan fingerprint density at radius 1 is 0.523 bits per heavy atom. The minimum atomic E-state index is -3.00. The fraction of sp³-hybridized carbons (Fsp3) is 0.618. The van der Waals surface area contributed by atoms with E-state index in [0.717, 1.165) is 82.5 Å². The monoisotopic (exact) mass is 1240 g/mol. The van der Waals surface area contributed by atoms with Gasteiger partial charge in [-0.25, -0.2) is 44.5 Å². The largest absolute Gasteiger partial charge is 1.00 e. The summed E-state index contributed by atoms with van der Waals surface area (Å²) >= 11 is 0. The van der Waals surface area contributed by atoms with E-state index in [1.165, 1.54) is 49.0 Å². The number of carbonyl (C=O) groups is 1. The Kier molecular flexibility index (Phi) is 20.0. The zero-order chi connectivity index (χ0) is 81.2. The van der Waals surface area contributed by atoms with Crippen LogP contribution >= 0.6 is 0 Å². The third-order valence-corrected chi connectivity index (χ3v) is 12.6. The molecular weight excluding hydrogens is 1130 g/mol. The number of carbonyl (C=O) groups excluding carboxylic acids is 1. The van der Waals surface area contributed by atoms with Crippen molar-refractivity contribution in [2.24, 2.45) is 56.1 Å². The number of fused-ring (bicyclic) bond motifs is 4. The molecule has 474 valence electrons. The van der Waals surface area contributed by atoms with Gasteiger partial charge in [-0.2, -0.15) is 0 Å². The van der Waals surface area contributed by atoms with Gasteiger partial charge in [0, 0.05) is 114 Å². The van der Waals surface area contributed by atoms with Crippen molar-refractivity contribution in [3.63, 3.8) is 0 Å². The summed E-state index contributed by atoms with van der Waals surface area (Å²) in [5, 5.41) is 35.8. The Morgan fingerprint density at radius 2 is 0.767 bits per heavy atom. The molecular formula is C55H92BN16NaO13. The number of Topliss-reactive ketones (excluding diaryl/α,β-unsaturated/α-hetero) is 1. The van der Waals surface area contributed by atoms with Crippen molar-refractivity contribution < 1.29 is 78.1 Å². The molecule has 0 aliphatic carbocycles. The van der Waals surface area contributed by atoms with Crippen LogP contribution in [0.15, 0.2) is 63.7 Å². The van der Waals surface area contributed by atoms with Gasteiger partial charge < -0.3 is 43.5 Å². The van der Waals surface area contributed by atoms with Gasteiger partial charge in [0.15, 0.2) is 44.7 Å². The number of aromatic nitrogens is 16. The van der Waals surface area contributed by atoms with E-state index in [4.69, 9.17) is 33.8 Å². The average Bonchev–Trinajstić information content (AvgIpc) is 1.51. The summed E-state index contributed by atoms with van der Waals surface area (Å²) in [7, 11) is 2.64. The predicted octanol–water partition coefficient (Wildman–Crippen LogP) is -3.67. The zero-order valence-corrected chi connectivity index (χ0v) is 51.3. The Morgan fingerprint density at radius 3 is 0.988 bits per heavy atom. The van der Waals surface area contributed by atoms with Gasteiger partial charge in [0.25, 0.3) is 22.2 Å². The van der Waals surface area contributed by atoms with E-state index in [9.17, 15) is 58.5 Å². The minimum absolute atomic E-state index is 0. The molecule has 0 radical (unpaired) electrons. The fourth-order valence-corrected chi connectivity index (χ4v) is 8.32. The van der Waals surface area contributed by atoms with Crippen LogP contribution in [0.2, 0.25) is 0 Å². The van der Waals surface area contributed by atoms with Gasteiger partial charge in [0.05, 0.1) is 47.7 Å². The molecule has 0 bridgehead atoms. The number of aliphatic hydroxyl groups is 4. The summed E-state index contributed by atoms with van der Waals surface area (Å²) in [4.78, 5) is 126. The first-order valence-corrected chi connectivity index (χ1v) is 26.1. The molecule has 1 unspecified atom stereocenters. The average molecular weight is 1240 g/mol. The maximum Gasteiger partial charge on any atom is 1.00 e. The Bertz CT molecular complexity index is 4690. The minimum Gasteiger partial charge on any atom is -0.397 e. The summed E-state index contributed by atoms with van der Waals surface area (Å²) in [5.74, 6) is 0.0428.